The van der Waals surface area contributed by atoms with Crippen LogP contribution in [0.4, 0.5) is 0 Å². The zero-order valence-corrected chi connectivity index (χ0v) is 44.9. The van der Waals surface area contributed by atoms with Gasteiger partial charge in [0.1, 0.15) is 0 Å². The van der Waals surface area contributed by atoms with E-state index in [1.807, 2.05) is 42.5 Å². The van der Waals surface area contributed by atoms with Crippen LogP contribution in [0.25, 0.3) is 133 Å². The standard InChI is InChI=1S/C75H53N5/c1-47-15-11-23-53(35-47)57-27-31-69-63(39-57)64-40-58(54-24-12-16-48(2)36-54)28-32-70(64)79(69)73-43-61(46-76)62(75-77-67(51-19-7-5-8-20-51)45-68(78-75)52-21-9-6-10-22-52)44-74(73)80-71-33-29-59(55-25-13-17-49(3)37-55)41-65(71)66-42-60(30-34-72(66)80)56-26-14-18-50(4)38-56/h5-45H,1-4H3. The lowest BCUT2D eigenvalue weighted by Crippen LogP contribution is -2.06. The van der Waals surface area contributed by atoms with Gasteiger partial charge in [0.2, 0.25) is 0 Å². The lowest BCUT2D eigenvalue weighted by Gasteiger charge is -2.20. The number of nitrogens with zero attached hydrogens (tertiary/aromatic N) is 5. The first-order chi connectivity index (χ1) is 39.2. The minimum absolute atomic E-state index is 0.458. The summed E-state index contributed by atoms with van der Waals surface area (Å²) in [6.45, 7) is 8.59. The number of aromatic nitrogens is 4. The maximum atomic E-state index is 11.6. The topological polar surface area (TPSA) is 59.4 Å². The molecule has 3 aromatic heterocycles. The molecule has 0 radical (unpaired) electrons. The number of benzene rings is 11. The van der Waals surface area contributed by atoms with Gasteiger partial charge in [0, 0.05) is 38.2 Å². The van der Waals surface area contributed by atoms with Crippen molar-refractivity contribution in [3.8, 4) is 95.9 Å². The van der Waals surface area contributed by atoms with E-state index in [9.17, 15) is 5.26 Å². The molecule has 0 aliphatic carbocycles. The van der Waals surface area contributed by atoms with E-state index in [0.717, 1.165) is 122 Å². The second kappa shape index (κ2) is 19.6. The maximum Gasteiger partial charge on any atom is 0.161 e. The minimum atomic E-state index is 0.458. The van der Waals surface area contributed by atoms with Crippen molar-refractivity contribution >= 4 is 43.6 Å². The lowest BCUT2D eigenvalue weighted by molar-refractivity contribution is 1.09. The molecule has 0 saturated carbocycles. The average molecular weight is 1020 g/mol. The first-order valence-electron chi connectivity index (χ1n) is 27.3. The van der Waals surface area contributed by atoms with E-state index in [2.05, 4.69) is 249 Å². The second-order valence-corrected chi connectivity index (χ2v) is 21.3. The van der Waals surface area contributed by atoms with E-state index in [4.69, 9.17) is 9.97 Å². The van der Waals surface area contributed by atoms with Crippen LogP contribution in [-0.4, -0.2) is 19.1 Å². The summed E-state index contributed by atoms with van der Waals surface area (Å²) in [6, 6.07) is 91.8. The van der Waals surface area contributed by atoms with Crippen molar-refractivity contribution < 1.29 is 0 Å². The SMILES string of the molecule is Cc1cccc(-c2ccc3c(c2)c2cc(-c4cccc(C)c4)ccc2n3-c2cc(C#N)c(-c3nc(-c4ccccc4)cc(-c4ccccc4)n3)cc2-n2c3ccc(-c4cccc(C)c4)cc3c3cc(-c4cccc(C)c4)ccc32)c1. The molecule has 0 spiro atoms. The molecule has 0 aliphatic rings. The molecule has 0 bridgehead atoms. The van der Waals surface area contributed by atoms with Crippen LogP contribution in [0, 0.1) is 39.0 Å². The Morgan fingerprint density at radius 3 is 0.938 bits per heavy atom. The summed E-state index contributed by atoms with van der Waals surface area (Å²) in [5.74, 6) is 0.464. The van der Waals surface area contributed by atoms with Gasteiger partial charge in [0.25, 0.3) is 0 Å². The molecule has 14 rings (SSSR count). The van der Waals surface area contributed by atoms with Gasteiger partial charge in [0.05, 0.1) is 56.5 Å². The van der Waals surface area contributed by atoms with Gasteiger partial charge in [-0.05, 0) is 139 Å². The molecular formula is C75H53N5. The third-order valence-corrected chi connectivity index (χ3v) is 15.8. The summed E-state index contributed by atoms with van der Waals surface area (Å²) >= 11 is 0. The molecule has 5 nitrogen and oxygen atoms in total. The van der Waals surface area contributed by atoms with Crippen LogP contribution >= 0.6 is 0 Å². The fourth-order valence-electron chi connectivity index (χ4n) is 11.9. The number of hydrogen-bond acceptors (Lipinski definition) is 3. The van der Waals surface area contributed by atoms with Crippen LogP contribution in [0.1, 0.15) is 27.8 Å². The van der Waals surface area contributed by atoms with Crippen LogP contribution in [0.3, 0.4) is 0 Å². The van der Waals surface area contributed by atoms with Crippen molar-refractivity contribution in [3.05, 3.63) is 277 Å². The fraction of sp³-hybridized carbons (Fsp3) is 0.0533. The normalized spacial score (nSPS) is 11.5. The van der Waals surface area contributed by atoms with E-state index in [-0.39, 0.29) is 0 Å². The molecule has 11 aromatic carbocycles. The smallest absolute Gasteiger partial charge is 0.161 e. The quantitative estimate of drug-likeness (QED) is 0.145. The van der Waals surface area contributed by atoms with Crippen molar-refractivity contribution in [3.63, 3.8) is 0 Å². The first kappa shape index (κ1) is 48.0. The van der Waals surface area contributed by atoms with Crippen LogP contribution in [-0.2, 0) is 0 Å². The highest BCUT2D eigenvalue weighted by atomic mass is 15.1. The van der Waals surface area contributed by atoms with Crippen molar-refractivity contribution in [2.24, 2.45) is 0 Å². The Morgan fingerprint density at radius 2 is 0.613 bits per heavy atom. The fourth-order valence-corrected chi connectivity index (χ4v) is 11.9. The van der Waals surface area contributed by atoms with Crippen LogP contribution in [0.5, 0.6) is 0 Å². The predicted octanol–water partition coefficient (Wildman–Crippen LogP) is 19.4. The average Bonchev–Trinajstić information content (AvgIpc) is 4.19. The van der Waals surface area contributed by atoms with Gasteiger partial charge in [-0.25, -0.2) is 9.97 Å². The predicted molar refractivity (Wildman–Crippen MR) is 332 cm³/mol. The summed E-state index contributed by atoms with van der Waals surface area (Å²) in [6.07, 6.45) is 0. The van der Waals surface area contributed by atoms with Gasteiger partial charge >= 0.3 is 0 Å². The monoisotopic (exact) mass is 1020 g/mol. The third kappa shape index (κ3) is 8.52. The molecule has 0 N–H and O–H groups in total. The zero-order chi connectivity index (χ0) is 54.0. The summed E-state index contributed by atoms with van der Waals surface area (Å²) in [4.78, 5) is 10.7. The van der Waals surface area contributed by atoms with Gasteiger partial charge in [-0.2, -0.15) is 5.26 Å². The molecule has 0 saturated heterocycles. The Kier molecular flexibility index (Phi) is 11.7. The summed E-state index contributed by atoms with van der Waals surface area (Å²) in [5.41, 5.74) is 24.4. The number of rotatable bonds is 9. The molecule has 0 atom stereocenters. The first-order valence-corrected chi connectivity index (χ1v) is 27.3. The zero-order valence-electron chi connectivity index (χ0n) is 44.9. The summed E-state index contributed by atoms with van der Waals surface area (Å²) in [5, 5.41) is 16.1. The van der Waals surface area contributed by atoms with E-state index in [1.165, 1.54) is 22.3 Å². The molecule has 80 heavy (non-hydrogen) atoms. The number of hydrogen-bond donors (Lipinski definition) is 0. The Morgan fingerprint density at radius 1 is 0.300 bits per heavy atom. The van der Waals surface area contributed by atoms with Crippen molar-refractivity contribution in [2.45, 2.75) is 27.7 Å². The van der Waals surface area contributed by atoms with Gasteiger partial charge in [-0.15, -0.1) is 0 Å². The number of aryl methyl sites for hydroxylation is 4. The van der Waals surface area contributed by atoms with Crippen LogP contribution < -0.4 is 0 Å². The molecule has 5 heteroatoms. The van der Waals surface area contributed by atoms with E-state index in [1.54, 1.807) is 0 Å². The molecule has 378 valence electrons. The van der Waals surface area contributed by atoms with Crippen LogP contribution in [0.15, 0.2) is 249 Å². The molecule has 3 heterocycles. The molecule has 14 aromatic rings. The van der Waals surface area contributed by atoms with Crippen molar-refractivity contribution in [2.75, 3.05) is 0 Å². The van der Waals surface area contributed by atoms with Gasteiger partial charge in [-0.1, -0.05) is 204 Å². The van der Waals surface area contributed by atoms with Gasteiger partial charge in [0.15, 0.2) is 5.82 Å². The van der Waals surface area contributed by atoms with Gasteiger partial charge in [-0.3, -0.25) is 0 Å². The van der Waals surface area contributed by atoms with Crippen LogP contribution in [0.2, 0.25) is 0 Å². The molecular weight excluding hydrogens is 971 g/mol. The highest BCUT2D eigenvalue weighted by Crippen LogP contribution is 2.44. The Balaban J connectivity index is 1.11. The molecule has 0 fully saturated rings. The summed E-state index contributed by atoms with van der Waals surface area (Å²) < 4.78 is 4.78. The highest BCUT2D eigenvalue weighted by Gasteiger charge is 2.25. The number of fused-ring (bicyclic) bond motifs is 6. The van der Waals surface area contributed by atoms with E-state index in [0.29, 0.717) is 17.0 Å². The van der Waals surface area contributed by atoms with Crippen molar-refractivity contribution in [1.29, 1.82) is 5.26 Å². The Bertz CT molecular complexity index is 4560. The number of nitriles is 1. The van der Waals surface area contributed by atoms with Crippen molar-refractivity contribution in [1.82, 2.24) is 19.1 Å². The summed E-state index contributed by atoms with van der Waals surface area (Å²) in [7, 11) is 0. The second-order valence-electron chi connectivity index (χ2n) is 21.3. The molecule has 0 unspecified atom stereocenters. The highest BCUT2D eigenvalue weighted by molar-refractivity contribution is 6.14. The van der Waals surface area contributed by atoms with E-state index < -0.39 is 0 Å². The van der Waals surface area contributed by atoms with Gasteiger partial charge < -0.3 is 9.13 Å². The Labute approximate surface area is 465 Å². The molecule has 0 amide bonds. The lowest BCUT2D eigenvalue weighted by atomic mass is 9.99. The third-order valence-electron chi connectivity index (χ3n) is 15.8. The maximum absolute atomic E-state index is 11.6. The largest absolute Gasteiger partial charge is 0.307 e. The minimum Gasteiger partial charge on any atom is -0.307 e. The van der Waals surface area contributed by atoms with E-state index >= 15 is 0 Å². The Hall–Kier alpha value is -10.4. The molecule has 0 aliphatic heterocycles.